The molecule has 0 spiro atoms. The summed E-state index contributed by atoms with van der Waals surface area (Å²) in [6, 6.07) is 8.62. The largest absolute Gasteiger partial charge is 0.334 e. The van der Waals surface area contributed by atoms with Gasteiger partial charge in [0, 0.05) is 22.9 Å². The monoisotopic (exact) mass is 292 g/mol. The molecule has 0 saturated heterocycles. The van der Waals surface area contributed by atoms with Gasteiger partial charge in [0.05, 0.1) is 12.2 Å². The molecule has 1 atom stereocenters. The minimum atomic E-state index is -0.247. The van der Waals surface area contributed by atoms with Gasteiger partial charge in [0.15, 0.2) is 0 Å². The molecule has 0 unspecified atom stereocenters. The SMILES string of the molecule is Cc1ccn(C[C@H](C)NC(=O)Nc2ccc(Cl)cc2)n1. The lowest BCUT2D eigenvalue weighted by atomic mass is 10.3. The number of benzene rings is 1. The van der Waals surface area contributed by atoms with Gasteiger partial charge in [-0.3, -0.25) is 4.68 Å². The van der Waals surface area contributed by atoms with Crippen molar-refractivity contribution in [1.29, 1.82) is 0 Å². The summed E-state index contributed by atoms with van der Waals surface area (Å²) < 4.78 is 1.81. The summed E-state index contributed by atoms with van der Waals surface area (Å²) in [5.41, 5.74) is 1.66. The summed E-state index contributed by atoms with van der Waals surface area (Å²) in [4.78, 5) is 11.8. The molecule has 2 rings (SSSR count). The highest BCUT2D eigenvalue weighted by molar-refractivity contribution is 6.30. The Hall–Kier alpha value is -2.01. The molecule has 0 radical (unpaired) electrons. The fraction of sp³-hybridized carbons (Fsp3) is 0.286. The number of carbonyl (C=O) groups excluding carboxylic acids is 1. The second-order valence-electron chi connectivity index (χ2n) is 4.69. The Morgan fingerprint density at radius 2 is 2.05 bits per heavy atom. The maximum atomic E-state index is 11.8. The van der Waals surface area contributed by atoms with Crippen LogP contribution in [0.4, 0.5) is 10.5 Å². The first-order valence-electron chi connectivity index (χ1n) is 6.36. The summed E-state index contributed by atoms with van der Waals surface area (Å²) in [7, 11) is 0. The van der Waals surface area contributed by atoms with Crippen LogP contribution >= 0.6 is 11.6 Å². The summed E-state index contributed by atoms with van der Waals surface area (Å²) in [5.74, 6) is 0. The maximum absolute atomic E-state index is 11.8. The van der Waals surface area contributed by atoms with Crippen molar-refractivity contribution in [3.05, 3.63) is 47.2 Å². The second kappa shape index (κ2) is 6.43. The van der Waals surface area contributed by atoms with E-state index in [0.717, 1.165) is 5.69 Å². The molecule has 2 aromatic rings. The molecule has 20 heavy (non-hydrogen) atoms. The molecule has 6 heteroatoms. The topological polar surface area (TPSA) is 59.0 Å². The standard InChI is InChI=1S/C14H17ClN4O/c1-10-7-8-19(18-10)9-11(2)16-14(20)17-13-5-3-12(15)4-6-13/h3-8,11H,9H2,1-2H3,(H2,16,17,20)/t11-/m0/s1. The zero-order chi connectivity index (χ0) is 14.5. The van der Waals surface area contributed by atoms with Gasteiger partial charge in [0.2, 0.25) is 0 Å². The Balaban J connectivity index is 1.83. The highest BCUT2D eigenvalue weighted by Gasteiger charge is 2.08. The van der Waals surface area contributed by atoms with Gasteiger partial charge in [-0.2, -0.15) is 5.10 Å². The number of hydrogen-bond donors (Lipinski definition) is 2. The Kier molecular flexibility index (Phi) is 4.63. The molecule has 106 valence electrons. The minimum Gasteiger partial charge on any atom is -0.334 e. The van der Waals surface area contributed by atoms with Crippen LogP contribution in [0.15, 0.2) is 36.5 Å². The normalized spacial score (nSPS) is 11.9. The number of urea groups is 1. The maximum Gasteiger partial charge on any atom is 0.319 e. The van der Waals surface area contributed by atoms with Gasteiger partial charge in [-0.25, -0.2) is 4.79 Å². The number of nitrogens with one attached hydrogen (secondary N) is 2. The van der Waals surface area contributed by atoms with Gasteiger partial charge in [-0.15, -0.1) is 0 Å². The number of aromatic nitrogens is 2. The van der Waals surface area contributed by atoms with E-state index in [1.165, 1.54) is 0 Å². The van der Waals surface area contributed by atoms with E-state index in [2.05, 4.69) is 15.7 Å². The second-order valence-corrected chi connectivity index (χ2v) is 5.12. The van der Waals surface area contributed by atoms with E-state index >= 15 is 0 Å². The van der Waals surface area contributed by atoms with Crippen molar-refractivity contribution >= 4 is 23.3 Å². The number of aryl methyl sites for hydroxylation is 1. The highest BCUT2D eigenvalue weighted by atomic mass is 35.5. The number of carbonyl (C=O) groups is 1. The van der Waals surface area contributed by atoms with Crippen molar-refractivity contribution in [2.75, 3.05) is 5.32 Å². The predicted molar refractivity (Wildman–Crippen MR) is 80.0 cm³/mol. The molecule has 0 bridgehead atoms. The van der Waals surface area contributed by atoms with Crippen LogP contribution in [0.2, 0.25) is 5.02 Å². The molecule has 0 aliphatic carbocycles. The minimum absolute atomic E-state index is 0.0263. The Morgan fingerprint density at radius 3 is 2.65 bits per heavy atom. The molecule has 1 heterocycles. The highest BCUT2D eigenvalue weighted by Crippen LogP contribution is 2.13. The molecule has 0 fully saturated rings. The molecule has 0 aliphatic heterocycles. The van der Waals surface area contributed by atoms with Crippen molar-refractivity contribution < 1.29 is 4.79 Å². The van der Waals surface area contributed by atoms with E-state index in [1.807, 2.05) is 30.8 Å². The summed E-state index contributed by atoms with van der Waals surface area (Å²) in [5, 5.41) is 10.5. The molecule has 0 aliphatic rings. The third-order valence-electron chi connectivity index (χ3n) is 2.71. The van der Waals surface area contributed by atoms with Crippen LogP contribution in [0, 0.1) is 6.92 Å². The van der Waals surface area contributed by atoms with Gasteiger partial charge in [-0.1, -0.05) is 11.6 Å². The fourth-order valence-corrected chi connectivity index (χ4v) is 1.94. The van der Waals surface area contributed by atoms with Crippen LogP contribution in [-0.2, 0) is 6.54 Å². The first kappa shape index (κ1) is 14.4. The fourth-order valence-electron chi connectivity index (χ4n) is 1.82. The van der Waals surface area contributed by atoms with E-state index in [-0.39, 0.29) is 12.1 Å². The molecule has 2 N–H and O–H groups in total. The van der Waals surface area contributed by atoms with E-state index in [1.54, 1.807) is 24.3 Å². The van der Waals surface area contributed by atoms with Crippen LogP contribution in [0.1, 0.15) is 12.6 Å². The van der Waals surface area contributed by atoms with Crippen molar-refractivity contribution in [3.8, 4) is 0 Å². The van der Waals surface area contributed by atoms with Gasteiger partial charge in [-0.05, 0) is 44.2 Å². The summed E-state index contributed by atoms with van der Waals surface area (Å²) in [6.07, 6.45) is 1.89. The molecule has 1 aromatic carbocycles. The van der Waals surface area contributed by atoms with E-state index < -0.39 is 0 Å². The number of hydrogen-bond acceptors (Lipinski definition) is 2. The lowest BCUT2D eigenvalue weighted by molar-refractivity contribution is 0.247. The number of amides is 2. The van der Waals surface area contributed by atoms with Crippen LogP contribution in [0.25, 0.3) is 0 Å². The van der Waals surface area contributed by atoms with E-state index in [0.29, 0.717) is 17.3 Å². The molecule has 5 nitrogen and oxygen atoms in total. The number of rotatable bonds is 4. The molecular weight excluding hydrogens is 276 g/mol. The zero-order valence-electron chi connectivity index (χ0n) is 11.4. The average Bonchev–Trinajstić information content (AvgIpc) is 2.77. The lowest BCUT2D eigenvalue weighted by Crippen LogP contribution is -2.38. The van der Waals surface area contributed by atoms with Crippen LogP contribution < -0.4 is 10.6 Å². The zero-order valence-corrected chi connectivity index (χ0v) is 12.2. The Labute approximate surface area is 122 Å². The molecular formula is C14H17ClN4O. The average molecular weight is 293 g/mol. The van der Waals surface area contributed by atoms with Crippen LogP contribution in [-0.4, -0.2) is 21.9 Å². The number of halogens is 1. The molecule has 0 saturated carbocycles. The quantitative estimate of drug-likeness (QED) is 0.910. The van der Waals surface area contributed by atoms with Crippen LogP contribution in [0.3, 0.4) is 0 Å². The first-order valence-corrected chi connectivity index (χ1v) is 6.74. The number of anilines is 1. The van der Waals surface area contributed by atoms with Crippen molar-refractivity contribution in [3.63, 3.8) is 0 Å². The van der Waals surface area contributed by atoms with Gasteiger partial charge in [0.25, 0.3) is 0 Å². The predicted octanol–water partition coefficient (Wildman–Crippen LogP) is 3.06. The summed E-state index contributed by atoms with van der Waals surface area (Å²) >= 11 is 5.79. The third kappa shape index (κ3) is 4.28. The summed E-state index contributed by atoms with van der Waals surface area (Å²) in [6.45, 7) is 4.49. The number of nitrogens with zero attached hydrogens (tertiary/aromatic N) is 2. The third-order valence-corrected chi connectivity index (χ3v) is 2.97. The molecule has 1 aromatic heterocycles. The van der Waals surface area contributed by atoms with E-state index in [9.17, 15) is 4.79 Å². The Bertz CT molecular complexity index is 579. The van der Waals surface area contributed by atoms with E-state index in [4.69, 9.17) is 11.6 Å². The first-order chi connectivity index (χ1) is 9.52. The van der Waals surface area contributed by atoms with Gasteiger partial charge >= 0.3 is 6.03 Å². The lowest BCUT2D eigenvalue weighted by Gasteiger charge is -2.14. The Morgan fingerprint density at radius 1 is 1.35 bits per heavy atom. The van der Waals surface area contributed by atoms with Gasteiger partial charge < -0.3 is 10.6 Å². The van der Waals surface area contributed by atoms with Crippen molar-refractivity contribution in [2.24, 2.45) is 0 Å². The van der Waals surface area contributed by atoms with Gasteiger partial charge in [0.1, 0.15) is 0 Å². The van der Waals surface area contributed by atoms with Crippen molar-refractivity contribution in [2.45, 2.75) is 26.4 Å². The smallest absolute Gasteiger partial charge is 0.319 e. The van der Waals surface area contributed by atoms with Crippen LogP contribution in [0.5, 0.6) is 0 Å². The molecule has 2 amide bonds. The van der Waals surface area contributed by atoms with Crippen molar-refractivity contribution in [1.82, 2.24) is 15.1 Å².